The summed E-state index contributed by atoms with van der Waals surface area (Å²) in [5, 5.41) is 8.49. The molecule has 1 unspecified atom stereocenters. The van der Waals surface area contributed by atoms with Gasteiger partial charge in [0.1, 0.15) is 0 Å². The second-order valence-corrected chi connectivity index (χ2v) is 5.81. The first kappa shape index (κ1) is 14.6. The van der Waals surface area contributed by atoms with Crippen LogP contribution >= 0.6 is 11.3 Å². The minimum atomic E-state index is -0.0508. The Balaban J connectivity index is 2.20. The van der Waals surface area contributed by atoms with E-state index in [1.807, 2.05) is 18.2 Å². The topological polar surface area (TPSA) is 41.1 Å². The smallest absolute Gasteiger partial charge is 0.221 e. The fourth-order valence-corrected chi connectivity index (χ4v) is 2.97. The maximum atomic E-state index is 11.1. The zero-order valence-corrected chi connectivity index (χ0v) is 12.9. The van der Waals surface area contributed by atoms with Gasteiger partial charge in [-0.2, -0.15) is 0 Å². The molecule has 2 N–H and O–H groups in total. The molecule has 1 aromatic heterocycles. The standard InChI is InChI=1S/C16H20N2OS/c1-4-14(16-6-5-9-20-16)18-15-10-13(17-12(3)19)8-7-11(15)2/h5-10,14,18H,4H2,1-3H3,(H,17,19). The molecule has 106 valence electrons. The number of rotatable bonds is 5. The number of aryl methyl sites for hydroxylation is 1. The van der Waals surface area contributed by atoms with Crippen LogP contribution in [0.5, 0.6) is 0 Å². The number of hydrogen-bond donors (Lipinski definition) is 2. The van der Waals surface area contributed by atoms with Gasteiger partial charge in [-0.05, 0) is 42.5 Å². The summed E-state index contributed by atoms with van der Waals surface area (Å²) in [5.74, 6) is -0.0508. The highest BCUT2D eigenvalue weighted by Gasteiger charge is 2.11. The van der Waals surface area contributed by atoms with E-state index in [0.717, 1.165) is 17.8 Å². The zero-order chi connectivity index (χ0) is 14.5. The lowest BCUT2D eigenvalue weighted by molar-refractivity contribution is -0.114. The minimum absolute atomic E-state index is 0.0508. The second kappa shape index (κ2) is 6.57. The van der Waals surface area contributed by atoms with Crippen molar-refractivity contribution in [1.82, 2.24) is 0 Å². The Kier molecular flexibility index (Phi) is 4.79. The first-order valence-corrected chi connectivity index (χ1v) is 7.66. The van der Waals surface area contributed by atoms with Gasteiger partial charge in [-0.3, -0.25) is 4.79 Å². The molecule has 4 heteroatoms. The molecule has 0 bridgehead atoms. The lowest BCUT2D eigenvalue weighted by Gasteiger charge is -2.19. The van der Waals surface area contributed by atoms with Crippen molar-refractivity contribution in [3.63, 3.8) is 0 Å². The summed E-state index contributed by atoms with van der Waals surface area (Å²) in [7, 11) is 0. The van der Waals surface area contributed by atoms with Gasteiger partial charge >= 0.3 is 0 Å². The monoisotopic (exact) mass is 288 g/mol. The molecule has 0 aliphatic rings. The van der Waals surface area contributed by atoms with E-state index in [9.17, 15) is 4.79 Å². The minimum Gasteiger partial charge on any atom is -0.377 e. The Morgan fingerprint density at radius 1 is 1.35 bits per heavy atom. The fraction of sp³-hybridized carbons (Fsp3) is 0.312. The van der Waals surface area contributed by atoms with Crippen LogP contribution in [0.15, 0.2) is 35.7 Å². The predicted octanol–water partition coefficient (Wildman–Crippen LogP) is 4.58. The van der Waals surface area contributed by atoms with Crippen molar-refractivity contribution in [3.05, 3.63) is 46.2 Å². The van der Waals surface area contributed by atoms with Gasteiger partial charge in [-0.25, -0.2) is 0 Å². The van der Waals surface area contributed by atoms with E-state index >= 15 is 0 Å². The van der Waals surface area contributed by atoms with E-state index in [0.29, 0.717) is 6.04 Å². The van der Waals surface area contributed by atoms with Crippen LogP contribution < -0.4 is 10.6 Å². The van der Waals surface area contributed by atoms with Gasteiger partial charge in [0.05, 0.1) is 6.04 Å². The van der Waals surface area contributed by atoms with Gasteiger partial charge in [-0.1, -0.05) is 19.1 Å². The molecular formula is C16H20N2OS. The van der Waals surface area contributed by atoms with Gasteiger partial charge in [0.25, 0.3) is 0 Å². The van der Waals surface area contributed by atoms with Gasteiger partial charge in [0.15, 0.2) is 0 Å². The van der Waals surface area contributed by atoms with Crippen LogP contribution in [-0.2, 0) is 4.79 Å². The molecule has 3 nitrogen and oxygen atoms in total. The number of thiophene rings is 1. The molecule has 1 amide bonds. The molecule has 0 saturated carbocycles. The molecule has 0 aliphatic heterocycles. The number of hydrogen-bond acceptors (Lipinski definition) is 3. The quantitative estimate of drug-likeness (QED) is 0.845. The van der Waals surface area contributed by atoms with Crippen molar-refractivity contribution in [1.29, 1.82) is 0 Å². The van der Waals surface area contributed by atoms with Crippen molar-refractivity contribution < 1.29 is 4.79 Å². The number of benzene rings is 1. The van der Waals surface area contributed by atoms with Crippen LogP contribution in [0.3, 0.4) is 0 Å². The highest BCUT2D eigenvalue weighted by atomic mass is 32.1. The number of anilines is 2. The van der Waals surface area contributed by atoms with Crippen LogP contribution in [0, 0.1) is 6.92 Å². The summed E-state index contributed by atoms with van der Waals surface area (Å²) in [6.45, 7) is 5.76. The van der Waals surface area contributed by atoms with Crippen LogP contribution in [0.25, 0.3) is 0 Å². The van der Waals surface area contributed by atoms with Crippen molar-refractivity contribution >= 4 is 28.6 Å². The Hall–Kier alpha value is -1.81. The Bertz CT molecular complexity index is 578. The highest BCUT2D eigenvalue weighted by Crippen LogP contribution is 2.29. The average Bonchev–Trinajstić information content (AvgIpc) is 2.92. The summed E-state index contributed by atoms with van der Waals surface area (Å²) in [6.07, 6.45) is 1.02. The maximum Gasteiger partial charge on any atom is 0.221 e. The molecule has 2 aromatic rings. The number of carbonyl (C=O) groups excluding carboxylic acids is 1. The maximum absolute atomic E-state index is 11.1. The van der Waals surface area contributed by atoms with Crippen LogP contribution in [0.4, 0.5) is 11.4 Å². The molecule has 0 spiro atoms. The molecule has 0 radical (unpaired) electrons. The third-order valence-corrected chi connectivity index (χ3v) is 4.17. The van der Waals surface area contributed by atoms with E-state index in [-0.39, 0.29) is 5.91 Å². The van der Waals surface area contributed by atoms with Crippen LogP contribution in [0.1, 0.15) is 36.8 Å². The van der Waals surface area contributed by atoms with Crippen LogP contribution in [-0.4, -0.2) is 5.91 Å². The van der Waals surface area contributed by atoms with E-state index in [4.69, 9.17) is 0 Å². The highest BCUT2D eigenvalue weighted by molar-refractivity contribution is 7.10. The molecular weight excluding hydrogens is 268 g/mol. The number of nitrogens with one attached hydrogen (secondary N) is 2. The summed E-state index contributed by atoms with van der Waals surface area (Å²) >= 11 is 1.76. The normalized spacial score (nSPS) is 11.9. The summed E-state index contributed by atoms with van der Waals surface area (Å²) in [4.78, 5) is 12.5. The first-order chi connectivity index (χ1) is 9.60. The Labute approximate surface area is 124 Å². The fourth-order valence-electron chi connectivity index (χ4n) is 2.11. The number of carbonyl (C=O) groups is 1. The van der Waals surface area contributed by atoms with E-state index < -0.39 is 0 Å². The molecule has 1 heterocycles. The van der Waals surface area contributed by atoms with Gasteiger partial charge in [0.2, 0.25) is 5.91 Å². The predicted molar refractivity (Wildman–Crippen MR) is 86.5 cm³/mol. The first-order valence-electron chi connectivity index (χ1n) is 6.78. The molecule has 1 atom stereocenters. The number of amides is 1. The van der Waals surface area contributed by atoms with Crippen molar-refractivity contribution in [2.75, 3.05) is 10.6 Å². The van der Waals surface area contributed by atoms with Crippen molar-refractivity contribution in [2.45, 2.75) is 33.2 Å². The molecule has 0 saturated heterocycles. The summed E-state index contributed by atoms with van der Waals surface area (Å²) in [6, 6.07) is 10.5. The van der Waals surface area contributed by atoms with Crippen LogP contribution in [0.2, 0.25) is 0 Å². The molecule has 2 rings (SSSR count). The second-order valence-electron chi connectivity index (χ2n) is 4.83. The van der Waals surface area contributed by atoms with Gasteiger partial charge in [0, 0.05) is 23.2 Å². The molecule has 0 aliphatic carbocycles. The summed E-state index contributed by atoms with van der Waals surface area (Å²) in [5.41, 5.74) is 3.07. The zero-order valence-electron chi connectivity index (χ0n) is 12.1. The third-order valence-electron chi connectivity index (χ3n) is 3.18. The van der Waals surface area contributed by atoms with Crippen molar-refractivity contribution in [3.8, 4) is 0 Å². The van der Waals surface area contributed by atoms with E-state index in [1.54, 1.807) is 11.3 Å². The molecule has 20 heavy (non-hydrogen) atoms. The van der Waals surface area contributed by atoms with E-state index in [1.165, 1.54) is 17.4 Å². The lowest BCUT2D eigenvalue weighted by Crippen LogP contribution is -2.10. The van der Waals surface area contributed by atoms with Gasteiger partial charge in [-0.15, -0.1) is 11.3 Å². The SMILES string of the molecule is CCC(Nc1cc(NC(C)=O)ccc1C)c1cccs1. The van der Waals surface area contributed by atoms with E-state index in [2.05, 4.69) is 42.0 Å². The lowest BCUT2D eigenvalue weighted by atomic mass is 10.1. The average molecular weight is 288 g/mol. The Morgan fingerprint density at radius 3 is 2.75 bits per heavy atom. The molecule has 1 aromatic carbocycles. The third kappa shape index (κ3) is 3.61. The Morgan fingerprint density at radius 2 is 2.15 bits per heavy atom. The largest absolute Gasteiger partial charge is 0.377 e. The summed E-state index contributed by atoms with van der Waals surface area (Å²) < 4.78 is 0. The molecule has 0 fully saturated rings. The van der Waals surface area contributed by atoms with Gasteiger partial charge < -0.3 is 10.6 Å². The van der Waals surface area contributed by atoms with Crippen molar-refractivity contribution in [2.24, 2.45) is 0 Å².